The van der Waals surface area contributed by atoms with Crippen molar-refractivity contribution in [3.8, 4) is 0 Å². The normalized spacial score (nSPS) is 11.0. The molecule has 0 bridgehead atoms. The Labute approximate surface area is 125 Å². The van der Waals surface area contributed by atoms with E-state index >= 15 is 0 Å². The van der Waals surface area contributed by atoms with Gasteiger partial charge < -0.3 is 9.47 Å². The van der Waals surface area contributed by atoms with E-state index < -0.39 is 16.3 Å². The van der Waals surface area contributed by atoms with Crippen LogP contribution in [0.5, 0.6) is 0 Å². The maximum atomic E-state index is 12.9. The number of benzene rings is 1. The molecule has 0 fully saturated rings. The van der Waals surface area contributed by atoms with Crippen molar-refractivity contribution >= 4 is 27.9 Å². The summed E-state index contributed by atoms with van der Waals surface area (Å²) in [6, 6.07) is 5.53. The number of esters is 2. The highest BCUT2D eigenvalue weighted by Gasteiger charge is 2.46. The average Bonchev–Trinajstić information content (AvgIpc) is 2.41. The zero-order chi connectivity index (χ0) is 15.2. The van der Waals surface area contributed by atoms with E-state index in [-0.39, 0.29) is 25.5 Å². The second kappa shape index (κ2) is 7.38. The molecule has 4 nitrogen and oxygen atoms in total. The lowest BCUT2D eigenvalue weighted by molar-refractivity contribution is -0.158. The number of hydrogen-bond donors (Lipinski definition) is 0. The number of hydrogen-bond acceptors (Lipinski definition) is 4. The molecule has 0 radical (unpaired) electrons. The second-order valence-electron chi connectivity index (χ2n) is 4.05. The Kier molecular flexibility index (Phi) is 6.13. The van der Waals surface area contributed by atoms with Crippen molar-refractivity contribution in [2.75, 3.05) is 13.2 Å². The van der Waals surface area contributed by atoms with Gasteiger partial charge in [0.2, 0.25) is 4.32 Å². The number of ether oxygens (including phenoxy) is 2. The van der Waals surface area contributed by atoms with E-state index in [9.17, 15) is 14.0 Å². The lowest BCUT2D eigenvalue weighted by Gasteiger charge is -2.23. The highest BCUT2D eigenvalue weighted by atomic mass is 79.9. The summed E-state index contributed by atoms with van der Waals surface area (Å²) in [6.07, 6.45) is 0.0188. The van der Waals surface area contributed by atoms with Crippen molar-refractivity contribution in [2.24, 2.45) is 0 Å². The number of carbonyl (C=O) groups excluding carboxylic acids is 2. The predicted octanol–water partition coefficient (Wildman–Crippen LogP) is 2.63. The monoisotopic (exact) mass is 346 g/mol. The number of alkyl halides is 1. The number of halogens is 2. The van der Waals surface area contributed by atoms with E-state index in [1.807, 2.05) is 0 Å². The highest BCUT2D eigenvalue weighted by molar-refractivity contribution is 9.10. The van der Waals surface area contributed by atoms with Gasteiger partial charge in [-0.25, -0.2) is 14.0 Å². The van der Waals surface area contributed by atoms with Crippen LogP contribution in [-0.2, 0) is 25.5 Å². The van der Waals surface area contributed by atoms with Crippen molar-refractivity contribution in [3.63, 3.8) is 0 Å². The van der Waals surface area contributed by atoms with Crippen LogP contribution < -0.4 is 0 Å². The minimum Gasteiger partial charge on any atom is -0.464 e. The Balaban J connectivity index is 3.00. The van der Waals surface area contributed by atoms with Crippen molar-refractivity contribution in [1.29, 1.82) is 0 Å². The predicted molar refractivity (Wildman–Crippen MR) is 75.0 cm³/mol. The molecule has 0 aliphatic heterocycles. The third-order valence-electron chi connectivity index (χ3n) is 2.56. The Morgan fingerprint density at radius 1 is 1.10 bits per heavy atom. The van der Waals surface area contributed by atoms with Gasteiger partial charge in [-0.2, -0.15) is 0 Å². The largest absolute Gasteiger partial charge is 0.464 e. The standard InChI is InChI=1S/C14H16BrFO4/c1-3-19-12(17)14(15,13(18)20-4-2)9-10-5-7-11(16)8-6-10/h5-8H,3-4,9H2,1-2H3. The SMILES string of the molecule is CCOC(=O)C(Br)(Cc1ccc(F)cc1)C(=O)OCC. The zero-order valence-electron chi connectivity index (χ0n) is 11.3. The van der Waals surface area contributed by atoms with Gasteiger partial charge in [-0.15, -0.1) is 0 Å². The fourth-order valence-electron chi connectivity index (χ4n) is 1.60. The van der Waals surface area contributed by atoms with Crippen LogP contribution in [0.15, 0.2) is 24.3 Å². The first-order valence-corrected chi connectivity index (χ1v) is 7.01. The van der Waals surface area contributed by atoms with Crippen LogP contribution in [0.2, 0.25) is 0 Å². The molecule has 0 saturated heterocycles. The number of rotatable bonds is 6. The first-order chi connectivity index (χ1) is 9.43. The van der Waals surface area contributed by atoms with Crippen LogP contribution in [0.25, 0.3) is 0 Å². The van der Waals surface area contributed by atoms with E-state index in [0.717, 1.165) is 0 Å². The Hall–Kier alpha value is -1.43. The van der Waals surface area contributed by atoms with Gasteiger partial charge in [0, 0.05) is 6.42 Å². The first kappa shape index (κ1) is 16.6. The maximum Gasteiger partial charge on any atom is 0.334 e. The molecular formula is C14H16BrFO4. The molecule has 0 spiro atoms. The summed E-state index contributed by atoms with van der Waals surface area (Å²) in [6.45, 7) is 3.59. The minimum absolute atomic E-state index is 0.0188. The van der Waals surface area contributed by atoms with Crippen molar-refractivity contribution < 1.29 is 23.5 Å². The van der Waals surface area contributed by atoms with E-state index in [2.05, 4.69) is 15.9 Å². The number of carbonyl (C=O) groups is 2. The van der Waals surface area contributed by atoms with Crippen LogP contribution in [0.3, 0.4) is 0 Å². The lowest BCUT2D eigenvalue weighted by atomic mass is 9.99. The molecule has 1 aromatic carbocycles. The van der Waals surface area contributed by atoms with Gasteiger partial charge in [0.25, 0.3) is 0 Å². The molecule has 0 aliphatic carbocycles. The molecular weight excluding hydrogens is 331 g/mol. The van der Waals surface area contributed by atoms with Crippen LogP contribution in [0.4, 0.5) is 4.39 Å². The summed E-state index contributed by atoms with van der Waals surface area (Å²) < 4.78 is 21.1. The van der Waals surface area contributed by atoms with Crippen LogP contribution in [0, 0.1) is 5.82 Å². The summed E-state index contributed by atoms with van der Waals surface area (Å²) in [7, 11) is 0. The second-order valence-corrected chi connectivity index (χ2v) is 5.40. The molecule has 0 unspecified atom stereocenters. The van der Waals surface area contributed by atoms with E-state index in [1.54, 1.807) is 13.8 Å². The van der Waals surface area contributed by atoms with Crippen LogP contribution >= 0.6 is 15.9 Å². The lowest BCUT2D eigenvalue weighted by Crippen LogP contribution is -2.45. The topological polar surface area (TPSA) is 52.6 Å². The van der Waals surface area contributed by atoms with E-state index in [1.165, 1.54) is 24.3 Å². The summed E-state index contributed by atoms with van der Waals surface area (Å²) in [5.74, 6) is -1.83. The maximum absolute atomic E-state index is 12.9. The van der Waals surface area contributed by atoms with Gasteiger partial charge in [0.15, 0.2) is 0 Å². The van der Waals surface area contributed by atoms with E-state index in [4.69, 9.17) is 9.47 Å². The van der Waals surface area contributed by atoms with Crippen molar-refractivity contribution in [2.45, 2.75) is 24.6 Å². The van der Waals surface area contributed by atoms with Gasteiger partial charge in [-0.05, 0) is 31.5 Å². The summed E-state index contributed by atoms with van der Waals surface area (Å²) in [5.41, 5.74) is 0.615. The molecule has 0 aliphatic rings. The molecule has 0 heterocycles. The van der Waals surface area contributed by atoms with Crippen molar-refractivity contribution in [1.82, 2.24) is 0 Å². The van der Waals surface area contributed by atoms with Gasteiger partial charge in [0.1, 0.15) is 5.82 Å². The van der Waals surface area contributed by atoms with Gasteiger partial charge in [-0.1, -0.05) is 28.1 Å². The quantitative estimate of drug-likeness (QED) is 0.451. The minimum atomic E-state index is -1.61. The van der Waals surface area contributed by atoms with Crippen molar-refractivity contribution in [3.05, 3.63) is 35.6 Å². The fraction of sp³-hybridized carbons (Fsp3) is 0.429. The molecule has 1 rings (SSSR count). The smallest absolute Gasteiger partial charge is 0.334 e. The summed E-state index contributed by atoms with van der Waals surface area (Å²) in [5, 5.41) is 0. The molecule has 6 heteroatoms. The average molecular weight is 347 g/mol. The molecule has 0 saturated carbocycles. The first-order valence-electron chi connectivity index (χ1n) is 6.21. The third-order valence-corrected chi connectivity index (χ3v) is 3.49. The van der Waals surface area contributed by atoms with E-state index in [0.29, 0.717) is 5.56 Å². The Morgan fingerprint density at radius 3 is 1.95 bits per heavy atom. The molecule has 0 amide bonds. The molecule has 20 heavy (non-hydrogen) atoms. The van der Waals surface area contributed by atoms with Crippen LogP contribution in [-0.4, -0.2) is 29.5 Å². The molecule has 0 N–H and O–H groups in total. The summed E-state index contributed by atoms with van der Waals surface area (Å²) >= 11 is 3.13. The molecule has 0 aromatic heterocycles. The Morgan fingerprint density at radius 2 is 1.55 bits per heavy atom. The molecule has 0 atom stereocenters. The fourth-order valence-corrected chi connectivity index (χ4v) is 2.15. The zero-order valence-corrected chi connectivity index (χ0v) is 12.9. The van der Waals surface area contributed by atoms with Gasteiger partial charge >= 0.3 is 11.9 Å². The van der Waals surface area contributed by atoms with Gasteiger partial charge in [-0.3, -0.25) is 0 Å². The van der Waals surface area contributed by atoms with Gasteiger partial charge in [0.05, 0.1) is 13.2 Å². The third kappa shape index (κ3) is 4.03. The molecule has 1 aromatic rings. The van der Waals surface area contributed by atoms with Crippen LogP contribution in [0.1, 0.15) is 19.4 Å². The highest BCUT2D eigenvalue weighted by Crippen LogP contribution is 2.27. The molecule has 110 valence electrons. The Bertz CT molecular complexity index is 455. The summed E-state index contributed by atoms with van der Waals surface area (Å²) in [4.78, 5) is 24.0.